The van der Waals surface area contributed by atoms with Crippen molar-refractivity contribution >= 4 is 0 Å². The molecule has 0 radical (unpaired) electrons. The first-order valence-corrected chi connectivity index (χ1v) is 5.99. The fourth-order valence-electron chi connectivity index (χ4n) is 2.71. The Morgan fingerprint density at radius 2 is 2.12 bits per heavy atom. The molecule has 1 nitrogen and oxygen atoms in total. The highest BCUT2D eigenvalue weighted by atomic mass is 19.1. The van der Waals surface area contributed by atoms with Crippen molar-refractivity contribution in [3.8, 4) is 0 Å². The molecule has 88 valence electrons. The molecule has 0 bridgehead atoms. The van der Waals surface area contributed by atoms with Gasteiger partial charge < -0.3 is 5.73 Å². The van der Waals surface area contributed by atoms with Crippen LogP contribution in [0, 0.1) is 11.2 Å². The average Bonchev–Trinajstić information content (AvgIpc) is 2.22. The van der Waals surface area contributed by atoms with E-state index in [-0.39, 0.29) is 11.9 Å². The first-order chi connectivity index (χ1) is 7.48. The third-order valence-corrected chi connectivity index (χ3v) is 3.72. The Labute approximate surface area is 96.9 Å². The van der Waals surface area contributed by atoms with Gasteiger partial charge in [-0.25, -0.2) is 4.39 Å². The predicted octanol–water partition coefficient (Wildman–Crippen LogP) is 3.45. The van der Waals surface area contributed by atoms with Gasteiger partial charge in [0.1, 0.15) is 5.82 Å². The maximum Gasteiger partial charge on any atom is 0.123 e. The summed E-state index contributed by atoms with van der Waals surface area (Å²) < 4.78 is 13.2. The van der Waals surface area contributed by atoms with Gasteiger partial charge in [0, 0.05) is 6.04 Å². The summed E-state index contributed by atoms with van der Waals surface area (Å²) in [6, 6.07) is 7.07. The molecule has 0 aliphatic heterocycles. The third kappa shape index (κ3) is 2.43. The molecule has 1 aromatic rings. The molecule has 2 heteroatoms. The standard InChI is InChI=1S/C14H20FN/c1-14(2)7-6-13(16)12(9-14)10-4-3-5-11(15)8-10/h3-5,8,12-13H,6-7,9,16H2,1-2H3. The topological polar surface area (TPSA) is 26.0 Å². The van der Waals surface area contributed by atoms with Gasteiger partial charge in [0.2, 0.25) is 0 Å². The van der Waals surface area contributed by atoms with Crippen LogP contribution in [0.3, 0.4) is 0 Å². The van der Waals surface area contributed by atoms with Crippen LogP contribution >= 0.6 is 0 Å². The summed E-state index contributed by atoms with van der Waals surface area (Å²) in [6.07, 6.45) is 3.26. The van der Waals surface area contributed by atoms with E-state index >= 15 is 0 Å². The smallest absolute Gasteiger partial charge is 0.123 e. The van der Waals surface area contributed by atoms with Crippen LogP contribution in [0.5, 0.6) is 0 Å². The first kappa shape index (κ1) is 11.6. The molecule has 0 aromatic heterocycles. The van der Waals surface area contributed by atoms with Gasteiger partial charge in [-0.2, -0.15) is 0 Å². The lowest BCUT2D eigenvalue weighted by Crippen LogP contribution is -2.37. The molecule has 0 saturated heterocycles. The Bertz CT molecular complexity index is 373. The second-order valence-electron chi connectivity index (χ2n) is 5.73. The van der Waals surface area contributed by atoms with Gasteiger partial charge in [-0.05, 0) is 48.3 Å². The molecule has 2 atom stereocenters. The predicted molar refractivity (Wildman–Crippen MR) is 64.7 cm³/mol. The summed E-state index contributed by atoms with van der Waals surface area (Å²) in [4.78, 5) is 0. The van der Waals surface area contributed by atoms with Gasteiger partial charge in [-0.15, -0.1) is 0 Å². The van der Waals surface area contributed by atoms with Crippen LogP contribution in [0.1, 0.15) is 44.6 Å². The van der Waals surface area contributed by atoms with Crippen molar-refractivity contribution in [2.45, 2.75) is 45.1 Å². The minimum atomic E-state index is -0.159. The number of benzene rings is 1. The SMILES string of the molecule is CC1(C)CCC(N)C(c2cccc(F)c2)C1. The normalized spacial score (nSPS) is 29.0. The Morgan fingerprint density at radius 1 is 1.38 bits per heavy atom. The average molecular weight is 221 g/mol. The zero-order valence-electron chi connectivity index (χ0n) is 10.0. The molecule has 2 N–H and O–H groups in total. The fraction of sp³-hybridized carbons (Fsp3) is 0.571. The van der Waals surface area contributed by atoms with Crippen molar-refractivity contribution in [1.29, 1.82) is 0 Å². The van der Waals surface area contributed by atoms with E-state index in [0.29, 0.717) is 11.3 Å². The summed E-state index contributed by atoms with van der Waals surface area (Å²) in [7, 11) is 0. The minimum Gasteiger partial charge on any atom is -0.327 e. The largest absolute Gasteiger partial charge is 0.327 e. The molecule has 1 saturated carbocycles. The van der Waals surface area contributed by atoms with E-state index in [1.165, 1.54) is 12.5 Å². The number of hydrogen-bond donors (Lipinski definition) is 1. The molecular weight excluding hydrogens is 201 g/mol. The fourth-order valence-corrected chi connectivity index (χ4v) is 2.71. The zero-order chi connectivity index (χ0) is 11.8. The van der Waals surface area contributed by atoms with Crippen LogP contribution in [0.15, 0.2) is 24.3 Å². The van der Waals surface area contributed by atoms with Gasteiger partial charge in [-0.3, -0.25) is 0 Å². The Morgan fingerprint density at radius 3 is 2.81 bits per heavy atom. The Hall–Kier alpha value is -0.890. The summed E-state index contributed by atoms with van der Waals surface area (Å²) in [5.41, 5.74) is 7.54. The first-order valence-electron chi connectivity index (χ1n) is 5.99. The highest BCUT2D eigenvalue weighted by Crippen LogP contribution is 2.42. The van der Waals surface area contributed by atoms with Crippen LogP contribution in [-0.4, -0.2) is 6.04 Å². The Kier molecular flexibility index (Phi) is 3.02. The highest BCUT2D eigenvalue weighted by Gasteiger charge is 2.33. The van der Waals surface area contributed by atoms with Gasteiger partial charge in [0.15, 0.2) is 0 Å². The lowest BCUT2D eigenvalue weighted by molar-refractivity contribution is 0.198. The molecule has 1 aliphatic carbocycles. The number of halogens is 1. The summed E-state index contributed by atoms with van der Waals surface area (Å²) in [6.45, 7) is 4.54. The lowest BCUT2D eigenvalue weighted by atomic mass is 9.68. The molecule has 16 heavy (non-hydrogen) atoms. The molecular formula is C14H20FN. The maximum atomic E-state index is 13.2. The molecule has 2 unspecified atom stereocenters. The monoisotopic (exact) mass is 221 g/mol. The van der Waals surface area contributed by atoms with Gasteiger partial charge in [0.05, 0.1) is 0 Å². The van der Waals surface area contributed by atoms with Crippen LogP contribution in [0.2, 0.25) is 0 Å². The second kappa shape index (κ2) is 4.17. The van der Waals surface area contributed by atoms with E-state index in [0.717, 1.165) is 18.4 Å². The molecule has 0 heterocycles. The van der Waals surface area contributed by atoms with E-state index in [9.17, 15) is 4.39 Å². The zero-order valence-corrected chi connectivity index (χ0v) is 10.0. The van der Waals surface area contributed by atoms with E-state index in [1.54, 1.807) is 12.1 Å². The molecule has 0 spiro atoms. The number of hydrogen-bond acceptors (Lipinski definition) is 1. The minimum absolute atomic E-state index is 0.159. The van der Waals surface area contributed by atoms with Crippen LogP contribution < -0.4 is 5.73 Å². The van der Waals surface area contributed by atoms with Crippen molar-refractivity contribution in [2.24, 2.45) is 11.1 Å². The van der Waals surface area contributed by atoms with Crippen molar-refractivity contribution in [2.75, 3.05) is 0 Å². The van der Waals surface area contributed by atoms with Gasteiger partial charge in [0.25, 0.3) is 0 Å². The van der Waals surface area contributed by atoms with Crippen molar-refractivity contribution in [3.05, 3.63) is 35.6 Å². The molecule has 2 rings (SSSR count). The summed E-state index contributed by atoms with van der Waals surface area (Å²) >= 11 is 0. The highest BCUT2D eigenvalue weighted by molar-refractivity contribution is 5.23. The molecule has 1 aliphatic rings. The lowest BCUT2D eigenvalue weighted by Gasteiger charge is -2.39. The summed E-state index contributed by atoms with van der Waals surface area (Å²) in [5, 5.41) is 0. The van der Waals surface area contributed by atoms with Gasteiger partial charge in [-0.1, -0.05) is 26.0 Å². The van der Waals surface area contributed by atoms with Crippen LogP contribution in [0.25, 0.3) is 0 Å². The summed E-state index contributed by atoms with van der Waals surface area (Å²) in [5.74, 6) is 0.146. The van der Waals surface area contributed by atoms with Crippen LogP contribution in [0.4, 0.5) is 4.39 Å². The van der Waals surface area contributed by atoms with Gasteiger partial charge >= 0.3 is 0 Å². The van der Waals surface area contributed by atoms with E-state index < -0.39 is 0 Å². The van der Waals surface area contributed by atoms with Crippen molar-refractivity contribution < 1.29 is 4.39 Å². The van der Waals surface area contributed by atoms with Crippen molar-refractivity contribution in [1.82, 2.24) is 0 Å². The van der Waals surface area contributed by atoms with Crippen LogP contribution in [-0.2, 0) is 0 Å². The van der Waals surface area contributed by atoms with E-state index in [1.807, 2.05) is 6.07 Å². The quantitative estimate of drug-likeness (QED) is 0.772. The van der Waals surface area contributed by atoms with E-state index in [4.69, 9.17) is 5.73 Å². The van der Waals surface area contributed by atoms with E-state index in [2.05, 4.69) is 13.8 Å². The molecule has 1 aromatic carbocycles. The molecule has 0 amide bonds. The van der Waals surface area contributed by atoms with Crippen molar-refractivity contribution in [3.63, 3.8) is 0 Å². The maximum absolute atomic E-state index is 13.2. The number of nitrogens with two attached hydrogens (primary N) is 1. The second-order valence-corrected chi connectivity index (χ2v) is 5.73. The Balaban J connectivity index is 2.25. The third-order valence-electron chi connectivity index (χ3n) is 3.72. The molecule has 1 fully saturated rings. The number of rotatable bonds is 1.